The molecule has 0 spiro atoms. The van der Waals surface area contributed by atoms with Crippen LogP contribution in [-0.4, -0.2) is 29.4 Å². The van der Waals surface area contributed by atoms with Crippen LogP contribution < -0.4 is 0 Å². The first-order chi connectivity index (χ1) is 14.7. The lowest BCUT2D eigenvalue weighted by Crippen LogP contribution is -2.35. The summed E-state index contributed by atoms with van der Waals surface area (Å²) in [4.78, 5) is 4.81. The molecule has 0 unspecified atom stereocenters. The summed E-state index contributed by atoms with van der Waals surface area (Å²) in [6, 6.07) is 21.5. The summed E-state index contributed by atoms with van der Waals surface area (Å²) in [5.41, 5.74) is 7.64. The van der Waals surface area contributed by atoms with Gasteiger partial charge in [0.25, 0.3) is 0 Å². The fourth-order valence-corrected chi connectivity index (χ4v) is 4.59. The first kappa shape index (κ1) is 20.4. The Balaban J connectivity index is 1.41. The van der Waals surface area contributed by atoms with E-state index in [9.17, 15) is 0 Å². The molecule has 2 heteroatoms. The summed E-state index contributed by atoms with van der Waals surface area (Å²) in [5.74, 6) is 0.702. The highest BCUT2D eigenvalue weighted by Crippen LogP contribution is 2.33. The van der Waals surface area contributed by atoms with E-state index in [0.29, 0.717) is 5.92 Å². The Hall–Kier alpha value is -2.84. The van der Waals surface area contributed by atoms with Crippen molar-refractivity contribution in [3.8, 4) is 0 Å². The standard InChI is InChI=1S/C28H32N2/c1-4-28(26-13-9-6-10-14-26)30-20-17-27(22(2)23(30)3)21-29-18-15-25(16-19-29)24-11-7-5-8-12-24/h4-14,17,20,25H,3,15-16,18-19,21H2,1-2H3/b28-4-. The van der Waals surface area contributed by atoms with Gasteiger partial charge in [0.2, 0.25) is 0 Å². The Morgan fingerprint density at radius 1 is 1.00 bits per heavy atom. The molecule has 0 atom stereocenters. The first-order valence-electron chi connectivity index (χ1n) is 11.0. The molecule has 2 aromatic rings. The van der Waals surface area contributed by atoms with Gasteiger partial charge in [0.05, 0.1) is 0 Å². The number of hydrogen-bond acceptors (Lipinski definition) is 2. The number of benzene rings is 2. The summed E-state index contributed by atoms with van der Waals surface area (Å²) in [6.45, 7) is 12.0. The van der Waals surface area contributed by atoms with E-state index in [2.05, 4.69) is 109 Å². The summed E-state index contributed by atoms with van der Waals surface area (Å²) >= 11 is 0. The average Bonchev–Trinajstić information content (AvgIpc) is 2.81. The van der Waals surface area contributed by atoms with Gasteiger partial charge in [-0.3, -0.25) is 4.90 Å². The van der Waals surface area contributed by atoms with Crippen molar-refractivity contribution in [2.24, 2.45) is 0 Å². The second-order valence-corrected chi connectivity index (χ2v) is 8.28. The first-order valence-corrected chi connectivity index (χ1v) is 11.0. The summed E-state index contributed by atoms with van der Waals surface area (Å²) in [7, 11) is 0. The van der Waals surface area contributed by atoms with E-state index in [1.807, 2.05) is 0 Å². The Morgan fingerprint density at radius 3 is 2.27 bits per heavy atom. The second-order valence-electron chi connectivity index (χ2n) is 8.28. The molecule has 4 rings (SSSR count). The van der Waals surface area contributed by atoms with Gasteiger partial charge in [0, 0.05) is 24.1 Å². The molecule has 0 aliphatic carbocycles. The van der Waals surface area contributed by atoms with Crippen LogP contribution >= 0.6 is 0 Å². The van der Waals surface area contributed by atoms with Crippen LogP contribution in [0.1, 0.15) is 43.7 Å². The fraction of sp³-hybridized carbons (Fsp3) is 0.286. The fourth-order valence-electron chi connectivity index (χ4n) is 4.59. The molecule has 0 radical (unpaired) electrons. The molecule has 2 aliphatic heterocycles. The molecule has 2 aliphatic rings. The van der Waals surface area contributed by atoms with Gasteiger partial charge < -0.3 is 4.90 Å². The second kappa shape index (κ2) is 9.32. The number of likely N-dealkylation sites (tertiary alicyclic amines) is 1. The number of allylic oxidation sites excluding steroid dienone is 2. The van der Waals surface area contributed by atoms with Crippen molar-refractivity contribution in [1.29, 1.82) is 0 Å². The van der Waals surface area contributed by atoms with Crippen molar-refractivity contribution in [1.82, 2.24) is 9.80 Å². The van der Waals surface area contributed by atoms with E-state index in [1.165, 1.54) is 40.8 Å². The quantitative estimate of drug-likeness (QED) is 0.563. The summed E-state index contributed by atoms with van der Waals surface area (Å²) in [6.07, 6.45) is 9.11. The van der Waals surface area contributed by atoms with Gasteiger partial charge >= 0.3 is 0 Å². The van der Waals surface area contributed by atoms with Gasteiger partial charge in [-0.25, -0.2) is 0 Å². The molecular weight excluding hydrogens is 364 g/mol. The number of nitrogens with zero attached hydrogens (tertiary/aromatic N) is 2. The van der Waals surface area contributed by atoms with Crippen LogP contribution in [0.25, 0.3) is 5.70 Å². The zero-order chi connectivity index (χ0) is 20.9. The van der Waals surface area contributed by atoms with E-state index in [0.717, 1.165) is 25.3 Å². The normalized spacial score (nSPS) is 18.9. The Bertz CT molecular complexity index is 958. The van der Waals surface area contributed by atoms with Crippen molar-refractivity contribution in [3.63, 3.8) is 0 Å². The van der Waals surface area contributed by atoms with Crippen molar-refractivity contribution in [2.45, 2.75) is 32.6 Å². The zero-order valence-corrected chi connectivity index (χ0v) is 18.2. The van der Waals surface area contributed by atoms with Gasteiger partial charge in [-0.05, 0) is 74.0 Å². The van der Waals surface area contributed by atoms with Crippen molar-refractivity contribution >= 4 is 5.70 Å². The minimum Gasteiger partial charge on any atom is -0.317 e. The molecular formula is C28H32N2. The van der Waals surface area contributed by atoms with Gasteiger partial charge in [0.15, 0.2) is 0 Å². The van der Waals surface area contributed by atoms with Crippen LogP contribution in [0.4, 0.5) is 0 Å². The van der Waals surface area contributed by atoms with Crippen LogP contribution in [0.3, 0.4) is 0 Å². The molecule has 2 nitrogen and oxygen atoms in total. The average molecular weight is 397 g/mol. The van der Waals surface area contributed by atoms with Gasteiger partial charge in [-0.2, -0.15) is 0 Å². The van der Waals surface area contributed by atoms with E-state index < -0.39 is 0 Å². The highest BCUT2D eigenvalue weighted by atomic mass is 15.2. The van der Waals surface area contributed by atoms with Crippen molar-refractivity contribution < 1.29 is 0 Å². The van der Waals surface area contributed by atoms with E-state index >= 15 is 0 Å². The lowest BCUT2D eigenvalue weighted by molar-refractivity contribution is 0.229. The summed E-state index contributed by atoms with van der Waals surface area (Å²) in [5, 5.41) is 0. The molecule has 154 valence electrons. The lowest BCUT2D eigenvalue weighted by Gasteiger charge is -2.35. The number of hydrogen-bond donors (Lipinski definition) is 0. The molecule has 0 N–H and O–H groups in total. The maximum absolute atomic E-state index is 4.42. The molecule has 2 heterocycles. The third-order valence-corrected chi connectivity index (χ3v) is 6.49. The molecule has 0 saturated carbocycles. The lowest BCUT2D eigenvalue weighted by atomic mass is 9.89. The minimum atomic E-state index is 0.702. The van der Waals surface area contributed by atoms with Gasteiger partial charge in [0.1, 0.15) is 0 Å². The number of piperidine rings is 1. The van der Waals surface area contributed by atoms with E-state index in [4.69, 9.17) is 0 Å². The molecule has 1 fully saturated rings. The van der Waals surface area contributed by atoms with Crippen LogP contribution in [0.15, 0.2) is 102 Å². The van der Waals surface area contributed by atoms with Crippen molar-refractivity contribution in [3.05, 3.63) is 114 Å². The molecule has 1 saturated heterocycles. The highest BCUT2D eigenvalue weighted by molar-refractivity contribution is 5.68. The SMILES string of the molecule is C=C1C(C)=C(CN2CCC(c3ccccc3)CC2)C=CN1/C(=C\C)c1ccccc1. The van der Waals surface area contributed by atoms with E-state index in [-0.39, 0.29) is 0 Å². The molecule has 0 amide bonds. The molecule has 0 aromatic heterocycles. The smallest absolute Gasteiger partial charge is 0.0485 e. The molecule has 30 heavy (non-hydrogen) atoms. The minimum absolute atomic E-state index is 0.702. The molecule has 0 bridgehead atoms. The van der Waals surface area contributed by atoms with Crippen LogP contribution in [0.2, 0.25) is 0 Å². The van der Waals surface area contributed by atoms with Crippen LogP contribution in [0, 0.1) is 0 Å². The van der Waals surface area contributed by atoms with Crippen molar-refractivity contribution in [2.75, 3.05) is 19.6 Å². The zero-order valence-electron chi connectivity index (χ0n) is 18.2. The predicted molar refractivity (Wildman–Crippen MR) is 128 cm³/mol. The Labute approximate surface area is 181 Å². The van der Waals surface area contributed by atoms with Gasteiger partial charge in [-0.15, -0.1) is 0 Å². The largest absolute Gasteiger partial charge is 0.317 e. The monoisotopic (exact) mass is 396 g/mol. The maximum atomic E-state index is 4.42. The highest BCUT2D eigenvalue weighted by Gasteiger charge is 2.23. The topological polar surface area (TPSA) is 6.48 Å². The summed E-state index contributed by atoms with van der Waals surface area (Å²) < 4.78 is 0. The van der Waals surface area contributed by atoms with E-state index in [1.54, 1.807) is 0 Å². The third-order valence-electron chi connectivity index (χ3n) is 6.49. The Morgan fingerprint density at radius 2 is 1.63 bits per heavy atom. The number of rotatable bonds is 5. The molecule has 2 aromatic carbocycles. The van der Waals surface area contributed by atoms with Crippen LogP contribution in [-0.2, 0) is 0 Å². The third kappa shape index (κ3) is 4.34. The predicted octanol–water partition coefficient (Wildman–Crippen LogP) is 6.59. The Kier molecular flexibility index (Phi) is 6.35. The maximum Gasteiger partial charge on any atom is 0.0485 e. The van der Waals surface area contributed by atoms with Crippen LogP contribution in [0.5, 0.6) is 0 Å². The van der Waals surface area contributed by atoms with Gasteiger partial charge in [-0.1, -0.05) is 73.3 Å².